The zero-order chi connectivity index (χ0) is 16.6. The van der Waals surface area contributed by atoms with E-state index in [1.54, 1.807) is 0 Å². The van der Waals surface area contributed by atoms with Gasteiger partial charge in [0, 0.05) is 15.2 Å². The van der Waals surface area contributed by atoms with Crippen LogP contribution in [0.25, 0.3) is 0 Å². The highest BCUT2D eigenvalue weighted by Crippen LogP contribution is 2.55. The minimum Gasteiger partial charge on any atom is -0.364 e. The van der Waals surface area contributed by atoms with Gasteiger partial charge < -0.3 is 10.2 Å². The van der Waals surface area contributed by atoms with Gasteiger partial charge in [0.15, 0.2) is 6.29 Å². The number of hydrogen-bond donors (Lipinski definition) is 2. The van der Waals surface area contributed by atoms with E-state index in [4.69, 9.17) is 0 Å². The lowest BCUT2D eigenvalue weighted by atomic mass is 9.67. The van der Waals surface area contributed by atoms with Gasteiger partial charge in [0.1, 0.15) is 0 Å². The Morgan fingerprint density at radius 1 is 1.10 bits per heavy atom. The summed E-state index contributed by atoms with van der Waals surface area (Å²) in [6.45, 7) is 17.4. The molecule has 0 aromatic heterocycles. The van der Waals surface area contributed by atoms with E-state index >= 15 is 0 Å². The quantitative estimate of drug-likeness (QED) is 0.732. The largest absolute Gasteiger partial charge is 0.364 e. The lowest BCUT2D eigenvalue weighted by Crippen LogP contribution is -2.44. The molecule has 0 aliphatic carbocycles. The minimum atomic E-state index is -1.39. The summed E-state index contributed by atoms with van der Waals surface area (Å²) in [6, 6.07) is 3.88. The molecular weight excluding hydrogens is 280 g/mol. The van der Waals surface area contributed by atoms with Gasteiger partial charge in [-0.3, -0.25) is 0 Å². The highest BCUT2D eigenvalue weighted by molar-refractivity contribution is 8.00. The van der Waals surface area contributed by atoms with Crippen molar-refractivity contribution in [1.82, 2.24) is 0 Å². The predicted octanol–water partition coefficient (Wildman–Crippen LogP) is 4.80. The van der Waals surface area contributed by atoms with Gasteiger partial charge in [0.05, 0.1) is 0 Å². The number of rotatable bonds is 1. The van der Waals surface area contributed by atoms with Gasteiger partial charge in [0.25, 0.3) is 0 Å². The number of benzene rings is 1. The van der Waals surface area contributed by atoms with Crippen molar-refractivity contribution in [2.75, 3.05) is 0 Å². The van der Waals surface area contributed by atoms with Gasteiger partial charge in [0.2, 0.25) is 0 Å². The summed E-state index contributed by atoms with van der Waals surface area (Å²) >= 11 is 1.90. The Bertz CT molecular complexity index is 504. The molecule has 120 valence electrons. The van der Waals surface area contributed by atoms with Gasteiger partial charge in [-0.15, -0.1) is 11.8 Å². The van der Waals surface area contributed by atoms with Crippen LogP contribution in [0.2, 0.25) is 0 Å². The van der Waals surface area contributed by atoms with Crippen molar-refractivity contribution in [3.05, 3.63) is 28.8 Å². The lowest BCUT2D eigenvalue weighted by molar-refractivity contribution is -0.0431. The van der Waals surface area contributed by atoms with Crippen LogP contribution in [0, 0.1) is 12.8 Å². The Morgan fingerprint density at radius 2 is 1.62 bits per heavy atom. The fourth-order valence-corrected chi connectivity index (χ4v) is 5.02. The third-order valence-electron chi connectivity index (χ3n) is 4.89. The van der Waals surface area contributed by atoms with Gasteiger partial charge in [-0.25, -0.2) is 0 Å². The second kappa shape index (κ2) is 6.31. The third-order valence-corrected chi connectivity index (χ3v) is 6.33. The summed E-state index contributed by atoms with van der Waals surface area (Å²) in [4.78, 5) is 1.27. The summed E-state index contributed by atoms with van der Waals surface area (Å²) in [5.74, 6) is 0.502. The number of aliphatic hydroxyl groups excluding tert-OH is 1. The Morgan fingerprint density at radius 3 is 2.10 bits per heavy atom. The molecule has 1 aliphatic heterocycles. The molecule has 0 saturated carbocycles. The van der Waals surface area contributed by atoms with Crippen LogP contribution in [0.1, 0.15) is 71.4 Å². The number of aliphatic hydroxyl groups is 2. The zero-order valence-corrected chi connectivity index (χ0v) is 15.4. The molecule has 1 unspecified atom stereocenters. The fourth-order valence-electron chi connectivity index (χ4n) is 3.33. The van der Waals surface area contributed by atoms with E-state index < -0.39 is 6.29 Å². The monoisotopic (exact) mass is 310 g/mol. The SMILES string of the molecule is CC.Cc1c(C(O)O)ccc2c1C(C)(C)C(C)C(C)(C)S2. The van der Waals surface area contributed by atoms with Crippen LogP contribution < -0.4 is 0 Å². The second-order valence-electron chi connectivity index (χ2n) is 6.68. The Labute approximate surface area is 134 Å². The standard InChI is InChI=1S/C16H24O2S.C2H6/c1-9-11(14(17)18)7-8-12-13(9)15(3,4)10(2)16(5,6)19-12;1-2/h7-8,10,14,17-18H,1-6H3;1-2H3. The summed E-state index contributed by atoms with van der Waals surface area (Å²) < 4.78 is 0.183. The molecule has 1 aliphatic rings. The van der Waals surface area contributed by atoms with Crippen molar-refractivity contribution in [3.8, 4) is 0 Å². The molecule has 0 spiro atoms. The molecule has 1 atom stereocenters. The van der Waals surface area contributed by atoms with E-state index in [-0.39, 0.29) is 10.2 Å². The first kappa shape index (κ1) is 18.5. The van der Waals surface area contributed by atoms with Crippen molar-refractivity contribution in [1.29, 1.82) is 0 Å². The van der Waals surface area contributed by atoms with Crippen LogP contribution in [-0.2, 0) is 5.41 Å². The number of fused-ring (bicyclic) bond motifs is 1. The fraction of sp³-hybridized carbons (Fsp3) is 0.667. The predicted molar refractivity (Wildman–Crippen MR) is 91.8 cm³/mol. The van der Waals surface area contributed by atoms with Crippen LogP contribution in [0.3, 0.4) is 0 Å². The maximum absolute atomic E-state index is 9.49. The van der Waals surface area contributed by atoms with Gasteiger partial charge in [-0.05, 0) is 35.4 Å². The first-order valence-electron chi connectivity index (χ1n) is 7.78. The van der Waals surface area contributed by atoms with E-state index in [1.165, 1.54) is 10.5 Å². The summed E-state index contributed by atoms with van der Waals surface area (Å²) in [5, 5.41) is 19.0. The molecule has 0 fully saturated rings. The maximum atomic E-state index is 9.49. The average Bonchev–Trinajstić information content (AvgIpc) is 2.37. The van der Waals surface area contributed by atoms with Crippen LogP contribution in [0.15, 0.2) is 17.0 Å². The number of thioether (sulfide) groups is 1. The van der Waals surface area contributed by atoms with E-state index in [0.717, 1.165) is 5.56 Å². The Kier molecular flexibility index (Phi) is 5.57. The molecule has 2 N–H and O–H groups in total. The smallest absolute Gasteiger partial charge is 0.178 e. The summed E-state index contributed by atoms with van der Waals surface area (Å²) in [6.07, 6.45) is -1.39. The molecule has 0 amide bonds. The normalized spacial score (nSPS) is 22.3. The number of hydrogen-bond acceptors (Lipinski definition) is 3. The third kappa shape index (κ3) is 3.15. The van der Waals surface area contributed by atoms with Crippen molar-refractivity contribution in [2.24, 2.45) is 5.92 Å². The van der Waals surface area contributed by atoms with Gasteiger partial charge in [-0.2, -0.15) is 0 Å². The van der Waals surface area contributed by atoms with Gasteiger partial charge in [-0.1, -0.05) is 54.5 Å². The molecule has 3 heteroatoms. The van der Waals surface area contributed by atoms with Crippen molar-refractivity contribution in [3.63, 3.8) is 0 Å². The van der Waals surface area contributed by atoms with Crippen molar-refractivity contribution >= 4 is 11.8 Å². The zero-order valence-electron chi connectivity index (χ0n) is 14.6. The molecule has 1 aromatic rings. The van der Waals surface area contributed by atoms with Crippen LogP contribution in [0.4, 0.5) is 0 Å². The minimum absolute atomic E-state index is 0.0269. The molecule has 21 heavy (non-hydrogen) atoms. The molecule has 1 heterocycles. The Balaban J connectivity index is 0.00000106. The molecule has 1 aromatic carbocycles. The Hall–Kier alpha value is -0.510. The molecule has 2 rings (SSSR count). The van der Waals surface area contributed by atoms with E-state index in [9.17, 15) is 10.2 Å². The van der Waals surface area contributed by atoms with Gasteiger partial charge >= 0.3 is 0 Å². The molecule has 0 saturated heterocycles. The maximum Gasteiger partial charge on any atom is 0.178 e. The first-order valence-corrected chi connectivity index (χ1v) is 8.60. The van der Waals surface area contributed by atoms with E-state index in [2.05, 4.69) is 34.6 Å². The topological polar surface area (TPSA) is 40.5 Å². The van der Waals surface area contributed by atoms with Crippen LogP contribution in [-0.4, -0.2) is 15.0 Å². The highest BCUT2D eigenvalue weighted by Gasteiger charge is 2.45. The van der Waals surface area contributed by atoms with Crippen LogP contribution >= 0.6 is 11.8 Å². The van der Waals surface area contributed by atoms with E-state index in [0.29, 0.717) is 11.5 Å². The molecule has 0 radical (unpaired) electrons. The van der Waals surface area contributed by atoms with Crippen molar-refractivity contribution < 1.29 is 10.2 Å². The second-order valence-corrected chi connectivity index (χ2v) is 8.37. The molecule has 0 bridgehead atoms. The first-order chi connectivity index (χ1) is 9.59. The molecular formula is C18H30O2S. The lowest BCUT2D eigenvalue weighted by Gasteiger charge is -2.49. The van der Waals surface area contributed by atoms with Crippen LogP contribution in [0.5, 0.6) is 0 Å². The summed E-state index contributed by atoms with van der Waals surface area (Å²) in [5.41, 5.74) is 2.95. The van der Waals surface area contributed by atoms with Crippen molar-refractivity contribution in [2.45, 2.75) is 76.7 Å². The average molecular weight is 311 g/mol. The highest BCUT2D eigenvalue weighted by atomic mass is 32.2. The summed E-state index contributed by atoms with van der Waals surface area (Å²) in [7, 11) is 0. The molecule has 2 nitrogen and oxygen atoms in total. The van der Waals surface area contributed by atoms with E-state index in [1.807, 2.05) is 44.7 Å².